The van der Waals surface area contributed by atoms with E-state index in [1.54, 1.807) is 6.07 Å². The third-order valence-corrected chi connectivity index (χ3v) is 6.37. The van der Waals surface area contributed by atoms with Crippen molar-refractivity contribution in [1.82, 2.24) is 19.6 Å². The molecule has 1 aliphatic rings. The topological polar surface area (TPSA) is 61.9 Å². The molecule has 4 aromatic rings. The third kappa shape index (κ3) is 4.15. The number of hydrogen-bond donors (Lipinski definition) is 0. The van der Waals surface area contributed by atoms with Crippen LogP contribution in [0.1, 0.15) is 48.3 Å². The van der Waals surface area contributed by atoms with Crippen molar-refractivity contribution >= 4 is 16.9 Å². The molecule has 0 bridgehead atoms. The van der Waals surface area contributed by atoms with E-state index in [9.17, 15) is 9.18 Å². The zero-order valence-corrected chi connectivity index (χ0v) is 18.7. The second kappa shape index (κ2) is 9.17. The van der Waals surface area contributed by atoms with Crippen molar-refractivity contribution in [3.05, 3.63) is 83.1 Å². The maximum atomic E-state index is 15.0. The quantitative estimate of drug-likeness (QED) is 0.388. The van der Waals surface area contributed by atoms with Gasteiger partial charge in [0.2, 0.25) is 0 Å². The van der Waals surface area contributed by atoms with E-state index in [1.807, 2.05) is 46.6 Å². The number of esters is 1. The van der Waals surface area contributed by atoms with Gasteiger partial charge in [-0.05, 0) is 36.5 Å². The first kappa shape index (κ1) is 21.4. The van der Waals surface area contributed by atoms with Crippen molar-refractivity contribution in [2.24, 2.45) is 0 Å². The Morgan fingerprint density at radius 1 is 1.18 bits per heavy atom. The van der Waals surface area contributed by atoms with Crippen molar-refractivity contribution in [2.75, 3.05) is 6.61 Å². The van der Waals surface area contributed by atoms with Gasteiger partial charge >= 0.3 is 5.97 Å². The number of hydrogen-bond acceptors (Lipinski definition) is 4. The smallest absolute Gasteiger partial charge is 0.310 e. The highest BCUT2D eigenvalue weighted by Crippen LogP contribution is 2.36. The van der Waals surface area contributed by atoms with Crippen LogP contribution in [0.25, 0.3) is 10.9 Å². The van der Waals surface area contributed by atoms with Crippen LogP contribution < -0.4 is 0 Å². The lowest BCUT2D eigenvalue weighted by Gasteiger charge is -2.27. The summed E-state index contributed by atoms with van der Waals surface area (Å²) in [6.45, 7) is 2.95. The molecule has 0 saturated heterocycles. The molecule has 0 saturated carbocycles. The summed E-state index contributed by atoms with van der Waals surface area (Å²) in [4.78, 5) is 12.4. The SMILES string of the molecule is CCCOC(=O)Cc1c2n(c3c(F)cccc13)CC(n1nncc1Cc1ccccc1)CC2. The van der Waals surface area contributed by atoms with Gasteiger partial charge in [-0.15, -0.1) is 5.10 Å². The van der Waals surface area contributed by atoms with Crippen LogP contribution in [0.3, 0.4) is 0 Å². The Morgan fingerprint density at radius 3 is 2.85 bits per heavy atom. The summed E-state index contributed by atoms with van der Waals surface area (Å²) < 4.78 is 24.3. The molecule has 1 atom stereocenters. The van der Waals surface area contributed by atoms with Gasteiger partial charge in [-0.1, -0.05) is 54.6 Å². The van der Waals surface area contributed by atoms with E-state index in [-0.39, 0.29) is 24.2 Å². The minimum atomic E-state index is -0.273. The van der Waals surface area contributed by atoms with E-state index < -0.39 is 0 Å². The van der Waals surface area contributed by atoms with E-state index in [0.29, 0.717) is 18.7 Å². The first-order valence-electron chi connectivity index (χ1n) is 11.5. The lowest BCUT2D eigenvalue weighted by Crippen LogP contribution is -2.26. The number of para-hydroxylation sites is 1. The fourth-order valence-corrected chi connectivity index (χ4v) is 4.89. The number of aromatic nitrogens is 4. The van der Waals surface area contributed by atoms with Gasteiger partial charge in [0, 0.05) is 24.0 Å². The van der Waals surface area contributed by atoms with Crippen LogP contribution >= 0.6 is 0 Å². The number of fused-ring (bicyclic) bond motifs is 3. The van der Waals surface area contributed by atoms with Gasteiger partial charge in [-0.3, -0.25) is 4.79 Å². The fraction of sp³-hybridized carbons (Fsp3) is 0.346. The summed E-state index contributed by atoms with van der Waals surface area (Å²) in [7, 11) is 0. The molecule has 0 amide bonds. The second-order valence-corrected chi connectivity index (χ2v) is 8.59. The first-order chi connectivity index (χ1) is 16.2. The number of carbonyl (C=O) groups excluding carboxylic acids is 1. The second-order valence-electron chi connectivity index (χ2n) is 8.59. The molecule has 0 spiro atoms. The molecule has 3 heterocycles. The van der Waals surface area contributed by atoms with Gasteiger partial charge in [0.15, 0.2) is 0 Å². The zero-order chi connectivity index (χ0) is 22.8. The molecule has 6 nitrogen and oxygen atoms in total. The van der Waals surface area contributed by atoms with Gasteiger partial charge in [-0.2, -0.15) is 0 Å². The van der Waals surface area contributed by atoms with E-state index in [2.05, 4.69) is 22.4 Å². The molecule has 1 aliphatic heterocycles. The summed E-state index contributed by atoms with van der Waals surface area (Å²) in [6, 6.07) is 15.4. The zero-order valence-electron chi connectivity index (χ0n) is 18.7. The lowest BCUT2D eigenvalue weighted by atomic mass is 10.00. The van der Waals surface area contributed by atoms with Gasteiger partial charge in [0.05, 0.1) is 36.5 Å². The Bertz CT molecular complexity index is 1280. The fourth-order valence-electron chi connectivity index (χ4n) is 4.89. The highest BCUT2D eigenvalue weighted by Gasteiger charge is 2.29. The molecule has 7 heteroatoms. The maximum absolute atomic E-state index is 15.0. The third-order valence-electron chi connectivity index (χ3n) is 6.37. The van der Waals surface area contributed by atoms with E-state index >= 15 is 0 Å². The molecular formula is C26H27FN4O2. The van der Waals surface area contributed by atoms with Gasteiger partial charge in [0.1, 0.15) is 5.82 Å². The highest BCUT2D eigenvalue weighted by molar-refractivity contribution is 5.90. The van der Waals surface area contributed by atoms with Crippen LogP contribution in [0.15, 0.2) is 54.7 Å². The van der Waals surface area contributed by atoms with Crippen LogP contribution in [-0.2, 0) is 35.3 Å². The number of carbonyl (C=O) groups is 1. The number of nitrogens with zero attached hydrogens (tertiary/aromatic N) is 4. The Hall–Kier alpha value is -3.48. The van der Waals surface area contributed by atoms with Gasteiger partial charge < -0.3 is 9.30 Å². The summed E-state index contributed by atoms with van der Waals surface area (Å²) in [5.41, 5.74) is 4.69. The number of benzene rings is 2. The average molecular weight is 447 g/mol. The van der Waals surface area contributed by atoms with Crippen molar-refractivity contribution in [3.63, 3.8) is 0 Å². The predicted octanol–water partition coefficient (Wildman–Crippen LogP) is 4.65. The van der Waals surface area contributed by atoms with E-state index in [0.717, 1.165) is 48.0 Å². The average Bonchev–Trinajstić information content (AvgIpc) is 3.41. The summed E-state index contributed by atoms with van der Waals surface area (Å²) in [5.74, 6) is -0.536. The maximum Gasteiger partial charge on any atom is 0.310 e. The van der Waals surface area contributed by atoms with Crippen LogP contribution in [0.4, 0.5) is 4.39 Å². The van der Waals surface area contributed by atoms with Crippen LogP contribution in [-0.4, -0.2) is 32.1 Å². The molecule has 5 rings (SSSR count). The minimum Gasteiger partial charge on any atom is -0.465 e. The Kier molecular flexibility index (Phi) is 5.94. The molecule has 2 aromatic carbocycles. The monoisotopic (exact) mass is 446 g/mol. The summed E-state index contributed by atoms with van der Waals surface area (Å²) in [5, 5.41) is 9.35. The Balaban J connectivity index is 1.48. The highest BCUT2D eigenvalue weighted by atomic mass is 19.1. The van der Waals surface area contributed by atoms with Crippen LogP contribution in [0.2, 0.25) is 0 Å². The van der Waals surface area contributed by atoms with Gasteiger partial charge in [-0.25, -0.2) is 9.07 Å². The number of halogens is 1. The summed E-state index contributed by atoms with van der Waals surface area (Å²) in [6.07, 6.45) is 5.08. The van der Waals surface area contributed by atoms with Crippen molar-refractivity contribution in [3.8, 4) is 0 Å². The molecule has 1 unspecified atom stereocenters. The number of rotatable bonds is 7. The molecule has 0 N–H and O–H groups in total. The summed E-state index contributed by atoms with van der Waals surface area (Å²) >= 11 is 0. The van der Waals surface area contributed by atoms with Crippen molar-refractivity contribution in [2.45, 2.75) is 51.6 Å². The predicted molar refractivity (Wildman–Crippen MR) is 123 cm³/mol. The molecule has 0 aliphatic carbocycles. The van der Waals surface area contributed by atoms with Gasteiger partial charge in [0.25, 0.3) is 0 Å². The lowest BCUT2D eigenvalue weighted by molar-refractivity contribution is -0.142. The molecule has 0 radical (unpaired) electrons. The Labute approximate surface area is 192 Å². The number of ether oxygens (including phenoxy) is 1. The first-order valence-corrected chi connectivity index (χ1v) is 11.5. The van der Waals surface area contributed by atoms with E-state index in [1.165, 1.54) is 11.6 Å². The van der Waals surface area contributed by atoms with Crippen molar-refractivity contribution < 1.29 is 13.9 Å². The molecule has 2 aromatic heterocycles. The Morgan fingerprint density at radius 2 is 2.03 bits per heavy atom. The van der Waals surface area contributed by atoms with E-state index in [4.69, 9.17) is 4.74 Å². The van der Waals surface area contributed by atoms with Crippen LogP contribution in [0.5, 0.6) is 0 Å². The standard InChI is InChI=1S/C26H27FN4O2/c1-2-13-33-25(32)15-22-21-9-6-10-23(27)26(21)30-17-19(11-12-24(22)30)31-20(16-28-29-31)14-18-7-4-3-5-8-18/h3-10,16,19H,2,11-15,17H2,1H3. The van der Waals surface area contributed by atoms with Crippen molar-refractivity contribution in [1.29, 1.82) is 0 Å². The molecule has 33 heavy (non-hydrogen) atoms. The molecule has 170 valence electrons. The molecule has 0 fully saturated rings. The van der Waals surface area contributed by atoms with Crippen LogP contribution in [0, 0.1) is 5.82 Å². The normalized spacial score (nSPS) is 15.5. The minimum absolute atomic E-state index is 0.0637. The molecular weight excluding hydrogens is 419 g/mol. The largest absolute Gasteiger partial charge is 0.465 e.